The molecule has 176 valence electrons. The molecule has 1 unspecified atom stereocenters. The number of benzene rings is 2. The Morgan fingerprint density at radius 2 is 1.79 bits per heavy atom. The molecule has 7 heteroatoms. The Balaban J connectivity index is 1.33. The number of piperidine rings is 1. The summed E-state index contributed by atoms with van der Waals surface area (Å²) in [6, 6.07) is 20.7. The highest BCUT2D eigenvalue weighted by Crippen LogP contribution is 2.35. The Morgan fingerprint density at radius 3 is 2.44 bits per heavy atom. The molecule has 0 bridgehead atoms. The van der Waals surface area contributed by atoms with E-state index >= 15 is 0 Å². The third-order valence-electron chi connectivity index (χ3n) is 6.92. The third kappa shape index (κ3) is 4.31. The average Bonchev–Trinajstić information content (AvgIpc) is 3.48. The summed E-state index contributed by atoms with van der Waals surface area (Å²) in [6.07, 6.45) is 3.58. The molecule has 1 aromatic heterocycles. The molecule has 1 N–H and O–H groups in total. The highest BCUT2D eigenvalue weighted by Gasteiger charge is 2.51. The van der Waals surface area contributed by atoms with Crippen LogP contribution in [0.25, 0.3) is 0 Å². The molecule has 2 saturated heterocycles. The van der Waals surface area contributed by atoms with Gasteiger partial charge >= 0.3 is 0 Å². The molecule has 7 nitrogen and oxygen atoms in total. The van der Waals surface area contributed by atoms with E-state index in [0.29, 0.717) is 44.5 Å². The number of ether oxygens (including phenoxy) is 1. The molecule has 2 aliphatic rings. The quantitative estimate of drug-likeness (QED) is 0.611. The first-order valence-corrected chi connectivity index (χ1v) is 11.7. The molecule has 5 rings (SSSR count). The number of likely N-dealkylation sites (tertiary alicyclic amines) is 1. The molecule has 34 heavy (non-hydrogen) atoms. The number of furan rings is 1. The second-order valence-electron chi connectivity index (χ2n) is 8.94. The largest absolute Gasteiger partial charge is 0.497 e. The molecule has 0 radical (unpaired) electrons. The number of nitrogens with one attached hydrogen (secondary N) is 1. The Hall–Kier alpha value is -3.58. The molecule has 2 aliphatic heterocycles. The second-order valence-corrected chi connectivity index (χ2v) is 8.94. The van der Waals surface area contributed by atoms with Gasteiger partial charge in [-0.3, -0.25) is 14.9 Å². The molecule has 2 aromatic carbocycles. The fourth-order valence-corrected chi connectivity index (χ4v) is 5.05. The predicted molar refractivity (Wildman–Crippen MR) is 127 cm³/mol. The van der Waals surface area contributed by atoms with Crippen molar-refractivity contribution in [1.29, 1.82) is 0 Å². The van der Waals surface area contributed by atoms with Crippen molar-refractivity contribution in [2.45, 2.75) is 37.5 Å². The maximum atomic E-state index is 13.5. The van der Waals surface area contributed by atoms with Crippen molar-refractivity contribution in [3.63, 3.8) is 0 Å². The van der Waals surface area contributed by atoms with Crippen LogP contribution < -0.4 is 10.1 Å². The van der Waals surface area contributed by atoms with E-state index in [1.807, 2.05) is 52.3 Å². The smallest absolute Gasteiger partial charge is 0.253 e. The lowest BCUT2D eigenvalue weighted by Crippen LogP contribution is -2.59. The second kappa shape index (κ2) is 9.35. The van der Waals surface area contributed by atoms with E-state index in [2.05, 4.69) is 5.32 Å². The minimum Gasteiger partial charge on any atom is -0.497 e. The lowest BCUT2D eigenvalue weighted by atomic mass is 9.95. The lowest BCUT2D eigenvalue weighted by molar-refractivity contribution is -0.134. The van der Waals surface area contributed by atoms with Crippen LogP contribution in [-0.2, 0) is 17.8 Å². The minimum absolute atomic E-state index is 0.000228. The topological polar surface area (TPSA) is 75.0 Å². The van der Waals surface area contributed by atoms with Gasteiger partial charge in [-0.25, -0.2) is 0 Å². The van der Waals surface area contributed by atoms with E-state index < -0.39 is 5.66 Å². The Labute approximate surface area is 199 Å². The number of hydrogen-bond acceptors (Lipinski definition) is 5. The lowest BCUT2D eigenvalue weighted by Gasteiger charge is -2.44. The van der Waals surface area contributed by atoms with Crippen molar-refractivity contribution in [3.05, 3.63) is 89.9 Å². The van der Waals surface area contributed by atoms with Crippen molar-refractivity contribution < 1.29 is 18.7 Å². The SMILES string of the molecule is COc1ccc(C(=O)N2CCC3(CC2)NC(Cc2ccccc2)C(=O)N3Cc2ccco2)cc1. The van der Waals surface area contributed by atoms with Gasteiger partial charge in [0.1, 0.15) is 11.5 Å². The normalized spacial score (nSPS) is 19.6. The highest BCUT2D eigenvalue weighted by atomic mass is 16.5. The monoisotopic (exact) mass is 459 g/mol. The predicted octanol–water partition coefficient (Wildman–Crippen LogP) is 3.46. The molecule has 0 aliphatic carbocycles. The third-order valence-corrected chi connectivity index (χ3v) is 6.92. The van der Waals surface area contributed by atoms with Gasteiger partial charge in [0, 0.05) is 31.5 Å². The molecule has 1 atom stereocenters. The van der Waals surface area contributed by atoms with Gasteiger partial charge in [0.15, 0.2) is 0 Å². The van der Waals surface area contributed by atoms with E-state index in [9.17, 15) is 9.59 Å². The number of methoxy groups -OCH3 is 1. The fourth-order valence-electron chi connectivity index (χ4n) is 5.05. The number of rotatable bonds is 6. The van der Waals surface area contributed by atoms with Crippen LogP contribution in [0, 0.1) is 0 Å². The van der Waals surface area contributed by atoms with Crippen molar-refractivity contribution in [3.8, 4) is 5.75 Å². The van der Waals surface area contributed by atoms with Gasteiger partial charge < -0.3 is 19.0 Å². The van der Waals surface area contributed by atoms with E-state index in [4.69, 9.17) is 9.15 Å². The average molecular weight is 460 g/mol. The first-order valence-electron chi connectivity index (χ1n) is 11.7. The number of hydrogen-bond donors (Lipinski definition) is 1. The van der Waals surface area contributed by atoms with Crippen LogP contribution in [0.4, 0.5) is 0 Å². The van der Waals surface area contributed by atoms with Crippen LogP contribution in [0.2, 0.25) is 0 Å². The summed E-state index contributed by atoms with van der Waals surface area (Å²) in [6.45, 7) is 1.55. The Bertz CT molecular complexity index is 1120. The van der Waals surface area contributed by atoms with Gasteiger partial charge in [-0.15, -0.1) is 0 Å². The van der Waals surface area contributed by atoms with Crippen molar-refractivity contribution in [2.75, 3.05) is 20.2 Å². The van der Waals surface area contributed by atoms with Gasteiger partial charge in [0.05, 0.1) is 31.6 Å². The van der Waals surface area contributed by atoms with Crippen LogP contribution in [0.3, 0.4) is 0 Å². The van der Waals surface area contributed by atoms with E-state index in [0.717, 1.165) is 17.1 Å². The maximum absolute atomic E-state index is 13.5. The van der Waals surface area contributed by atoms with Gasteiger partial charge in [0.2, 0.25) is 5.91 Å². The van der Waals surface area contributed by atoms with Gasteiger partial charge in [-0.05, 0) is 48.4 Å². The number of carbonyl (C=O) groups is 2. The van der Waals surface area contributed by atoms with Crippen LogP contribution in [0.15, 0.2) is 77.4 Å². The first-order chi connectivity index (χ1) is 16.6. The fraction of sp³-hybridized carbons (Fsp3) is 0.333. The van der Waals surface area contributed by atoms with Gasteiger partial charge in [-0.1, -0.05) is 30.3 Å². The summed E-state index contributed by atoms with van der Waals surface area (Å²) >= 11 is 0. The molecule has 2 fully saturated rings. The Morgan fingerprint density at radius 1 is 1.06 bits per heavy atom. The molecule has 3 aromatic rings. The number of carbonyl (C=O) groups excluding carboxylic acids is 2. The Kier molecular flexibility index (Phi) is 6.11. The van der Waals surface area contributed by atoms with Crippen LogP contribution >= 0.6 is 0 Å². The van der Waals surface area contributed by atoms with E-state index in [1.165, 1.54) is 0 Å². The summed E-state index contributed by atoms with van der Waals surface area (Å²) in [5, 5.41) is 3.66. The number of amides is 2. The molecule has 3 heterocycles. The summed E-state index contributed by atoms with van der Waals surface area (Å²) < 4.78 is 10.8. The summed E-state index contributed by atoms with van der Waals surface area (Å²) in [5.41, 5.74) is 1.26. The number of nitrogens with zero attached hydrogens (tertiary/aromatic N) is 2. The van der Waals surface area contributed by atoms with Crippen LogP contribution in [-0.4, -0.2) is 53.5 Å². The van der Waals surface area contributed by atoms with Crippen molar-refractivity contribution in [2.24, 2.45) is 0 Å². The van der Waals surface area contributed by atoms with Gasteiger partial charge in [-0.2, -0.15) is 0 Å². The van der Waals surface area contributed by atoms with Crippen LogP contribution in [0.5, 0.6) is 5.75 Å². The van der Waals surface area contributed by atoms with Crippen molar-refractivity contribution in [1.82, 2.24) is 15.1 Å². The zero-order valence-corrected chi connectivity index (χ0v) is 19.3. The van der Waals surface area contributed by atoms with Crippen molar-refractivity contribution >= 4 is 11.8 Å². The van der Waals surface area contributed by atoms with Gasteiger partial charge in [0.25, 0.3) is 5.91 Å². The molecule has 1 spiro atoms. The molecule has 0 saturated carbocycles. The first kappa shape index (κ1) is 22.2. The molecular formula is C27H29N3O4. The maximum Gasteiger partial charge on any atom is 0.253 e. The zero-order chi connectivity index (χ0) is 23.5. The van der Waals surface area contributed by atoms with E-state index in [1.54, 1.807) is 37.6 Å². The molecule has 2 amide bonds. The highest BCUT2D eigenvalue weighted by molar-refractivity contribution is 5.94. The van der Waals surface area contributed by atoms with Crippen LogP contribution in [0.1, 0.15) is 34.5 Å². The van der Waals surface area contributed by atoms with E-state index in [-0.39, 0.29) is 17.9 Å². The summed E-state index contributed by atoms with van der Waals surface area (Å²) in [7, 11) is 1.61. The summed E-state index contributed by atoms with van der Waals surface area (Å²) in [4.78, 5) is 30.4. The molecular weight excluding hydrogens is 430 g/mol. The zero-order valence-electron chi connectivity index (χ0n) is 19.3. The summed E-state index contributed by atoms with van der Waals surface area (Å²) in [5.74, 6) is 1.56. The standard InChI is InChI=1S/C27H29N3O4/c1-33-22-11-9-21(10-12-22)25(31)29-15-13-27(14-16-29)28-24(18-20-6-3-2-4-7-20)26(32)30(27)19-23-8-5-17-34-23/h2-12,17,24,28H,13-16,18-19H2,1H3. The minimum atomic E-state index is -0.500.